The number of nitrogens with one attached hydrogen (secondary N) is 1. The van der Waals surface area contributed by atoms with Crippen molar-refractivity contribution < 1.29 is 17.6 Å². The van der Waals surface area contributed by atoms with Crippen LogP contribution in [0.2, 0.25) is 0 Å². The molecular formula is C14H13FN2O3S. The second-order valence-electron chi connectivity index (χ2n) is 4.48. The third kappa shape index (κ3) is 3.57. The van der Waals surface area contributed by atoms with Gasteiger partial charge in [0, 0.05) is 17.6 Å². The highest BCUT2D eigenvalue weighted by molar-refractivity contribution is 7.90. The van der Waals surface area contributed by atoms with Crippen molar-refractivity contribution in [2.75, 3.05) is 17.3 Å². The Hall–Kier alpha value is -2.41. The zero-order valence-electron chi connectivity index (χ0n) is 11.1. The van der Waals surface area contributed by atoms with Crippen molar-refractivity contribution >= 4 is 27.1 Å². The summed E-state index contributed by atoms with van der Waals surface area (Å²) in [6.45, 7) is 0. The topological polar surface area (TPSA) is 89.3 Å². The number of nitrogen functional groups attached to an aromatic ring is 1. The summed E-state index contributed by atoms with van der Waals surface area (Å²) < 4.78 is 35.8. The van der Waals surface area contributed by atoms with Gasteiger partial charge < -0.3 is 11.1 Å². The van der Waals surface area contributed by atoms with E-state index in [1.165, 1.54) is 30.3 Å². The van der Waals surface area contributed by atoms with Gasteiger partial charge in [-0.15, -0.1) is 0 Å². The molecule has 0 aliphatic carbocycles. The van der Waals surface area contributed by atoms with E-state index in [0.717, 1.165) is 18.4 Å². The number of amides is 1. The van der Waals surface area contributed by atoms with Crippen molar-refractivity contribution in [2.45, 2.75) is 4.90 Å². The first kappa shape index (κ1) is 15.0. The fourth-order valence-corrected chi connectivity index (χ4v) is 2.34. The summed E-state index contributed by atoms with van der Waals surface area (Å²) in [7, 11) is -3.29. The van der Waals surface area contributed by atoms with E-state index >= 15 is 0 Å². The van der Waals surface area contributed by atoms with E-state index < -0.39 is 21.6 Å². The molecule has 2 aromatic rings. The van der Waals surface area contributed by atoms with Crippen LogP contribution >= 0.6 is 0 Å². The lowest BCUT2D eigenvalue weighted by Crippen LogP contribution is -2.14. The minimum atomic E-state index is -3.29. The third-order valence-electron chi connectivity index (χ3n) is 2.80. The molecule has 7 heteroatoms. The summed E-state index contributed by atoms with van der Waals surface area (Å²) in [5.41, 5.74) is 6.17. The molecule has 0 fully saturated rings. The van der Waals surface area contributed by atoms with Crippen LogP contribution in [0.1, 0.15) is 10.4 Å². The van der Waals surface area contributed by atoms with Crippen molar-refractivity contribution in [3.8, 4) is 0 Å². The molecule has 110 valence electrons. The Labute approximate surface area is 121 Å². The summed E-state index contributed by atoms with van der Waals surface area (Å²) in [6, 6.07) is 9.15. The number of benzene rings is 2. The molecule has 21 heavy (non-hydrogen) atoms. The molecule has 5 nitrogen and oxygen atoms in total. The maximum atomic E-state index is 13.1. The molecule has 1 amide bonds. The van der Waals surface area contributed by atoms with E-state index in [1.54, 1.807) is 0 Å². The number of halogens is 1. The highest BCUT2D eigenvalue weighted by Crippen LogP contribution is 2.18. The lowest BCUT2D eigenvalue weighted by molar-refractivity contribution is 0.102. The van der Waals surface area contributed by atoms with Crippen molar-refractivity contribution in [1.29, 1.82) is 0 Å². The minimum absolute atomic E-state index is 0.0159. The molecule has 0 radical (unpaired) electrons. The Morgan fingerprint density at radius 2 is 1.76 bits per heavy atom. The molecule has 0 aliphatic heterocycles. The summed E-state index contributed by atoms with van der Waals surface area (Å²) in [5, 5.41) is 2.52. The number of nitrogens with two attached hydrogens (primary N) is 1. The highest BCUT2D eigenvalue weighted by atomic mass is 32.2. The Morgan fingerprint density at radius 1 is 1.14 bits per heavy atom. The molecule has 0 spiro atoms. The van der Waals surface area contributed by atoms with E-state index in [2.05, 4.69) is 5.32 Å². The van der Waals surface area contributed by atoms with Crippen LogP contribution in [0.25, 0.3) is 0 Å². The molecule has 0 saturated carbocycles. The lowest BCUT2D eigenvalue weighted by atomic mass is 10.1. The number of carbonyl (C=O) groups is 1. The second kappa shape index (κ2) is 5.53. The van der Waals surface area contributed by atoms with Crippen LogP contribution < -0.4 is 11.1 Å². The molecule has 0 unspecified atom stereocenters. The number of sulfone groups is 1. The fraction of sp³-hybridized carbons (Fsp3) is 0.0714. The van der Waals surface area contributed by atoms with Gasteiger partial charge in [0.05, 0.1) is 10.5 Å². The zero-order valence-corrected chi connectivity index (χ0v) is 11.9. The predicted molar refractivity (Wildman–Crippen MR) is 78.3 cm³/mol. The van der Waals surface area contributed by atoms with Crippen molar-refractivity contribution in [3.63, 3.8) is 0 Å². The Bertz CT molecular complexity index is 786. The van der Waals surface area contributed by atoms with Gasteiger partial charge >= 0.3 is 0 Å². The van der Waals surface area contributed by atoms with Crippen LogP contribution in [0.3, 0.4) is 0 Å². The van der Waals surface area contributed by atoms with Gasteiger partial charge in [-0.2, -0.15) is 0 Å². The van der Waals surface area contributed by atoms with Crippen molar-refractivity contribution in [3.05, 3.63) is 53.8 Å². The molecule has 0 bridgehead atoms. The molecule has 2 rings (SSSR count). The number of hydrogen-bond acceptors (Lipinski definition) is 4. The summed E-state index contributed by atoms with van der Waals surface area (Å²) >= 11 is 0. The minimum Gasteiger partial charge on any atom is -0.398 e. The number of anilines is 2. The quantitative estimate of drug-likeness (QED) is 0.849. The van der Waals surface area contributed by atoms with Gasteiger partial charge in [-0.1, -0.05) is 0 Å². The van der Waals surface area contributed by atoms with Gasteiger partial charge in [0.15, 0.2) is 9.84 Å². The first-order chi connectivity index (χ1) is 9.77. The molecule has 0 atom stereocenters. The van der Waals surface area contributed by atoms with Crippen LogP contribution in [0.5, 0.6) is 0 Å². The Balaban J connectivity index is 2.22. The number of rotatable bonds is 3. The molecule has 0 aliphatic rings. The van der Waals surface area contributed by atoms with Crippen LogP contribution in [-0.2, 0) is 9.84 Å². The molecule has 0 heterocycles. The third-order valence-corrected chi connectivity index (χ3v) is 3.93. The maximum absolute atomic E-state index is 13.1. The van der Waals surface area contributed by atoms with Crippen molar-refractivity contribution in [2.24, 2.45) is 0 Å². The Kier molecular flexibility index (Phi) is 3.95. The summed E-state index contributed by atoms with van der Waals surface area (Å²) in [6.07, 6.45) is 1.09. The van der Waals surface area contributed by atoms with Gasteiger partial charge in [-0.05, 0) is 42.5 Å². The van der Waals surface area contributed by atoms with Gasteiger partial charge in [-0.3, -0.25) is 4.79 Å². The normalized spacial score (nSPS) is 11.1. The number of carbonyl (C=O) groups excluding carboxylic acids is 1. The van der Waals surface area contributed by atoms with E-state index in [1.807, 2.05) is 0 Å². The zero-order chi connectivity index (χ0) is 15.6. The summed E-state index contributed by atoms with van der Waals surface area (Å²) in [5.74, 6) is -1.14. The molecule has 0 aromatic heterocycles. The fourth-order valence-electron chi connectivity index (χ4n) is 1.71. The van der Waals surface area contributed by atoms with Crippen LogP contribution in [0, 0.1) is 5.82 Å². The standard InChI is InChI=1S/C14H13FN2O3S/c1-21(19,20)11-5-3-10(4-6-11)17-14(18)12-8-9(15)2-7-13(12)16/h2-8H,16H2,1H3,(H,17,18). The van der Waals surface area contributed by atoms with Crippen molar-refractivity contribution in [1.82, 2.24) is 0 Å². The second-order valence-corrected chi connectivity index (χ2v) is 6.50. The first-order valence-corrected chi connectivity index (χ1v) is 7.83. The van der Waals surface area contributed by atoms with Crippen LogP contribution in [0.15, 0.2) is 47.4 Å². The predicted octanol–water partition coefficient (Wildman–Crippen LogP) is 2.06. The first-order valence-electron chi connectivity index (χ1n) is 5.94. The smallest absolute Gasteiger partial charge is 0.257 e. The average Bonchev–Trinajstić information content (AvgIpc) is 2.41. The molecule has 3 N–H and O–H groups in total. The van der Waals surface area contributed by atoms with Gasteiger partial charge in [0.25, 0.3) is 5.91 Å². The average molecular weight is 308 g/mol. The van der Waals surface area contributed by atoms with Crippen LogP contribution in [-0.4, -0.2) is 20.6 Å². The van der Waals surface area contributed by atoms with E-state index in [4.69, 9.17) is 5.73 Å². The monoisotopic (exact) mass is 308 g/mol. The Morgan fingerprint density at radius 3 is 2.33 bits per heavy atom. The maximum Gasteiger partial charge on any atom is 0.257 e. The largest absolute Gasteiger partial charge is 0.398 e. The van der Waals surface area contributed by atoms with E-state index in [0.29, 0.717) is 5.69 Å². The van der Waals surface area contributed by atoms with E-state index in [-0.39, 0.29) is 16.1 Å². The van der Waals surface area contributed by atoms with Crippen LogP contribution in [0.4, 0.5) is 15.8 Å². The number of hydrogen-bond donors (Lipinski definition) is 2. The lowest BCUT2D eigenvalue weighted by Gasteiger charge is -2.08. The summed E-state index contributed by atoms with van der Waals surface area (Å²) in [4.78, 5) is 12.1. The molecule has 2 aromatic carbocycles. The highest BCUT2D eigenvalue weighted by Gasteiger charge is 2.12. The molecule has 0 saturated heterocycles. The molecular weight excluding hydrogens is 295 g/mol. The van der Waals surface area contributed by atoms with E-state index in [9.17, 15) is 17.6 Å². The SMILES string of the molecule is CS(=O)(=O)c1ccc(NC(=O)c2cc(F)ccc2N)cc1. The van der Waals surface area contributed by atoms with Gasteiger partial charge in [0.2, 0.25) is 0 Å². The van der Waals surface area contributed by atoms with Gasteiger partial charge in [-0.25, -0.2) is 12.8 Å². The van der Waals surface area contributed by atoms with Gasteiger partial charge in [0.1, 0.15) is 5.82 Å².